The van der Waals surface area contributed by atoms with Gasteiger partial charge in [0.15, 0.2) is 0 Å². The van der Waals surface area contributed by atoms with Gasteiger partial charge in [-0.15, -0.1) is 13.2 Å². The maximum Gasteiger partial charge on any atom is 0.314 e. The van der Waals surface area contributed by atoms with Gasteiger partial charge in [-0.2, -0.15) is 0 Å². The summed E-state index contributed by atoms with van der Waals surface area (Å²) in [6, 6.07) is 9.56. The molecule has 0 saturated heterocycles. The lowest BCUT2D eigenvalue weighted by molar-refractivity contribution is -0.179. The van der Waals surface area contributed by atoms with E-state index in [0.717, 1.165) is 18.4 Å². The number of rotatable bonds is 11. The van der Waals surface area contributed by atoms with Crippen LogP contribution in [0.4, 0.5) is 0 Å². The van der Waals surface area contributed by atoms with Crippen molar-refractivity contribution in [3.8, 4) is 0 Å². The van der Waals surface area contributed by atoms with Gasteiger partial charge in [0.2, 0.25) is 0 Å². The third-order valence-corrected chi connectivity index (χ3v) is 5.26. The first-order chi connectivity index (χ1) is 13.7. The maximum absolute atomic E-state index is 13.4. The normalized spacial score (nSPS) is 15.3. The minimum Gasteiger partial charge on any atom is -0.461 e. The Bertz CT molecular complexity index is 700. The topological polar surface area (TPSA) is 52.6 Å². The predicted octanol–water partition coefficient (Wildman–Crippen LogP) is 5.63. The van der Waals surface area contributed by atoms with Crippen molar-refractivity contribution in [2.45, 2.75) is 65.1 Å². The Kier molecular flexibility index (Phi) is 7.83. The smallest absolute Gasteiger partial charge is 0.314 e. The summed E-state index contributed by atoms with van der Waals surface area (Å²) < 4.78 is 11.4. The van der Waals surface area contributed by atoms with Crippen molar-refractivity contribution in [3.05, 3.63) is 61.2 Å². The first-order valence-corrected chi connectivity index (χ1v) is 10.4. The van der Waals surface area contributed by atoms with E-state index in [1.165, 1.54) is 0 Å². The van der Waals surface area contributed by atoms with Crippen molar-refractivity contribution in [1.29, 1.82) is 0 Å². The average Bonchev–Trinajstić information content (AvgIpc) is 3.47. The molecule has 1 aromatic carbocycles. The Hall–Kier alpha value is -2.36. The highest BCUT2D eigenvalue weighted by atomic mass is 16.6. The van der Waals surface area contributed by atoms with Crippen LogP contribution in [-0.4, -0.2) is 17.5 Å². The Morgan fingerprint density at radius 1 is 1.10 bits per heavy atom. The predicted molar refractivity (Wildman–Crippen MR) is 115 cm³/mol. The number of allylic oxidation sites excluding steroid dienone is 2. The van der Waals surface area contributed by atoms with Gasteiger partial charge in [-0.05, 0) is 51.5 Å². The molecule has 0 bridgehead atoms. The molecule has 2 rings (SSSR count). The number of esters is 2. The van der Waals surface area contributed by atoms with Crippen LogP contribution in [0.15, 0.2) is 55.6 Å². The minimum absolute atomic E-state index is 0.188. The zero-order valence-electron chi connectivity index (χ0n) is 18.0. The highest BCUT2D eigenvalue weighted by molar-refractivity contribution is 5.86. The van der Waals surface area contributed by atoms with Crippen LogP contribution in [0.3, 0.4) is 0 Å². The molecule has 29 heavy (non-hydrogen) atoms. The van der Waals surface area contributed by atoms with E-state index in [1.807, 2.05) is 51.1 Å². The van der Waals surface area contributed by atoms with Crippen LogP contribution in [-0.2, 0) is 25.7 Å². The lowest BCUT2D eigenvalue weighted by atomic mass is 9.68. The van der Waals surface area contributed by atoms with Gasteiger partial charge < -0.3 is 9.47 Å². The highest BCUT2D eigenvalue weighted by Gasteiger charge is 2.51. The standard InChI is InChI=1S/C25H34O4/c1-6-15-25(16-7-2,23(27)29-24(3,4)5)21(17-19-13-14-19)22(26)28-18-20-11-9-8-10-12-20/h6-12,19,21H,1-2,13-18H2,3-5H3. The molecule has 0 aromatic heterocycles. The second-order valence-electron chi connectivity index (χ2n) is 8.97. The van der Waals surface area contributed by atoms with E-state index in [4.69, 9.17) is 9.47 Å². The van der Waals surface area contributed by atoms with E-state index in [-0.39, 0.29) is 18.5 Å². The molecule has 1 fully saturated rings. The second kappa shape index (κ2) is 9.91. The lowest BCUT2D eigenvalue weighted by Crippen LogP contribution is -2.46. The highest BCUT2D eigenvalue weighted by Crippen LogP contribution is 2.47. The summed E-state index contributed by atoms with van der Waals surface area (Å²) in [4.78, 5) is 26.6. The Balaban J connectivity index is 2.32. The van der Waals surface area contributed by atoms with E-state index >= 15 is 0 Å². The van der Waals surface area contributed by atoms with Gasteiger partial charge in [-0.1, -0.05) is 55.3 Å². The van der Waals surface area contributed by atoms with E-state index in [9.17, 15) is 9.59 Å². The summed E-state index contributed by atoms with van der Waals surface area (Å²) in [5.41, 5.74) is -0.781. The van der Waals surface area contributed by atoms with E-state index in [1.54, 1.807) is 12.2 Å². The zero-order chi connectivity index (χ0) is 21.5. The molecule has 0 amide bonds. The van der Waals surface area contributed by atoms with Crippen LogP contribution in [0.25, 0.3) is 0 Å². The Labute approximate surface area is 175 Å². The molecule has 0 heterocycles. The minimum atomic E-state index is -1.05. The molecule has 0 spiro atoms. The van der Waals surface area contributed by atoms with E-state index in [2.05, 4.69) is 13.2 Å². The molecule has 4 heteroatoms. The quantitative estimate of drug-likeness (QED) is 0.358. The fourth-order valence-electron chi connectivity index (χ4n) is 3.64. The summed E-state index contributed by atoms with van der Waals surface area (Å²) >= 11 is 0. The number of carbonyl (C=O) groups is 2. The fourth-order valence-corrected chi connectivity index (χ4v) is 3.64. The van der Waals surface area contributed by atoms with Crippen molar-refractivity contribution in [3.63, 3.8) is 0 Å². The number of hydrogen-bond donors (Lipinski definition) is 0. The average molecular weight is 399 g/mol. The first kappa shape index (κ1) is 22.9. The molecular weight excluding hydrogens is 364 g/mol. The van der Waals surface area contributed by atoms with Gasteiger partial charge in [0.05, 0.1) is 11.3 Å². The fraction of sp³-hybridized carbons (Fsp3) is 0.520. The molecule has 0 aliphatic heterocycles. The number of carbonyl (C=O) groups excluding carboxylic acids is 2. The van der Waals surface area contributed by atoms with Gasteiger partial charge in [-0.25, -0.2) is 0 Å². The second-order valence-corrected chi connectivity index (χ2v) is 8.97. The molecule has 1 atom stereocenters. The summed E-state index contributed by atoms with van der Waals surface area (Å²) in [5.74, 6) is -0.882. The number of ether oxygens (including phenoxy) is 2. The van der Waals surface area contributed by atoms with Gasteiger partial charge in [0, 0.05) is 0 Å². The molecule has 4 nitrogen and oxygen atoms in total. The van der Waals surface area contributed by atoms with Gasteiger partial charge in [-0.3, -0.25) is 9.59 Å². The third kappa shape index (κ3) is 6.59. The van der Waals surface area contributed by atoms with Gasteiger partial charge >= 0.3 is 11.9 Å². The molecule has 158 valence electrons. The molecule has 1 unspecified atom stereocenters. The zero-order valence-corrected chi connectivity index (χ0v) is 18.0. The molecule has 1 aliphatic rings. The number of hydrogen-bond acceptors (Lipinski definition) is 4. The van der Waals surface area contributed by atoms with Gasteiger partial charge in [0.25, 0.3) is 0 Å². The summed E-state index contributed by atoms with van der Waals surface area (Å²) in [6.07, 6.45) is 6.84. The molecular formula is C25H34O4. The van der Waals surface area contributed by atoms with E-state index in [0.29, 0.717) is 25.2 Å². The van der Waals surface area contributed by atoms with Crippen LogP contribution in [0.1, 0.15) is 58.4 Å². The van der Waals surface area contributed by atoms with Crippen molar-refractivity contribution >= 4 is 11.9 Å². The van der Waals surface area contributed by atoms with Gasteiger partial charge in [0.1, 0.15) is 12.2 Å². The SMILES string of the molecule is C=CCC(CC=C)(C(=O)OC(C)(C)C)C(CC1CC1)C(=O)OCc1ccccc1. The van der Waals surface area contributed by atoms with Crippen LogP contribution in [0.2, 0.25) is 0 Å². The van der Waals surface area contributed by atoms with Crippen LogP contribution in [0.5, 0.6) is 0 Å². The lowest BCUT2D eigenvalue weighted by Gasteiger charge is -2.38. The monoisotopic (exact) mass is 398 g/mol. The Morgan fingerprint density at radius 2 is 1.69 bits per heavy atom. The van der Waals surface area contributed by atoms with Crippen molar-refractivity contribution in [2.24, 2.45) is 17.3 Å². The number of benzene rings is 1. The van der Waals surface area contributed by atoms with Crippen molar-refractivity contribution < 1.29 is 19.1 Å². The summed E-state index contributed by atoms with van der Waals surface area (Å²) in [6.45, 7) is 13.4. The summed E-state index contributed by atoms with van der Waals surface area (Å²) in [5, 5.41) is 0. The van der Waals surface area contributed by atoms with Crippen molar-refractivity contribution in [2.75, 3.05) is 0 Å². The van der Waals surface area contributed by atoms with Crippen LogP contribution in [0, 0.1) is 17.3 Å². The maximum atomic E-state index is 13.4. The largest absolute Gasteiger partial charge is 0.461 e. The van der Waals surface area contributed by atoms with Crippen molar-refractivity contribution in [1.82, 2.24) is 0 Å². The third-order valence-electron chi connectivity index (χ3n) is 5.26. The van der Waals surface area contributed by atoms with Crippen LogP contribution < -0.4 is 0 Å². The Morgan fingerprint density at radius 3 is 2.17 bits per heavy atom. The molecule has 1 saturated carbocycles. The summed E-state index contributed by atoms with van der Waals surface area (Å²) in [7, 11) is 0. The van der Waals surface area contributed by atoms with E-state index < -0.39 is 16.9 Å². The molecule has 0 radical (unpaired) electrons. The molecule has 1 aliphatic carbocycles. The molecule has 0 N–H and O–H groups in total. The molecule has 1 aromatic rings. The van der Waals surface area contributed by atoms with Crippen LogP contribution >= 0.6 is 0 Å². The first-order valence-electron chi connectivity index (χ1n) is 10.4.